The van der Waals surface area contributed by atoms with Gasteiger partial charge < -0.3 is 15.3 Å². The van der Waals surface area contributed by atoms with Crippen molar-refractivity contribution < 1.29 is 9.90 Å². The fourth-order valence-corrected chi connectivity index (χ4v) is 2.56. The molecule has 1 aromatic rings. The van der Waals surface area contributed by atoms with Gasteiger partial charge in [0.25, 0.3) is 0 Å². The summed E-state index contributed by atoms with van der Waals surface area (Å²) in [6, 6.07) is 7.90. The third kappa shape index (κ3) is 3.15. The van der Waals surface area contributed by atoms with E-state index in [1.54, 1.807) is 0 Å². The van der Waals surface area contributed by atoms with Crippen LogP contribution >= 0.6 is 11.6 Å². The van der Waals surface area contributed by atoms with Crippen molar-refractivity contribution in [3.8, 4) is 0 Å². The van der Waals surface area contributed by atoms with E-state index < -0.39 is 5.97 Å². The summed E-state index contributed by atoms with van der Waals surface area (Å²) in [4.78, 5) is 12.9. The Labute approximate surface area is 112 Å². The van der Waals surface area contributed by atoms with E-state index >= 15 is 0 Å². The number of piperazine rings is 1. The Morgan fingerprint density at radius 3 is 3.00 bits per heavy atom. The van der Waals surface area contributed by atoms with Crippen LogP contribution < -0.4 is 10.2 Å². The SMILES string of the molecule is O=C(O)CCC1CNCCN1c1ccccc1Cl. The van der Waals surface area contributed by atoms with Crippen LogP contribution in [0.2, 0.25) is 5.02 Å². The molecule has 1 fully saturated rings. The molecule has 98 valence electrons. The molecule has 1 aliphatic rings. The van der Waals surface area contributed by atoms with Crippen molar-refractivity contribution in [3.63, 3.8) is 0 Å². The summed E-state index contributed by atoms with van der Waals surface area (Å²) in [6.45, 7) is 2.56. The summed E-state index contributed by atoms with van der Waals surface area (Å²) >= 11 is 6.21. The zero-order valence-corrected chi connectivity index (χ0v) is 10.9. The Hall–Kier alpha value is -1.26. The highest BCUT2D eigenvalue weighted by Gasteiger charge is 2.24. The van der Waals surface area contributed by atoms with Gasteiger partial charge in [-0.1, -0.05) is 23.7 Å². The lowest BCUT2D eigenvalue weighted by Crippen LogP contribution is -2.51. The van der Waals surface area contributed by atoms with Gasteiger partial charge in [-0.3, -0.25) is 4.79 Å². The van der Waals surface area contributed by atoms with Gasteiger partial charge in [-0.15, -0.1) is 0 Å². The van der Waals surface area contributed by atoms with Crippen LogP contribution in [-0.2, 0) is 4.79 Å². The minimum atomic E-state index is -0.750. The monoisotopic (exact) mass is 268 g/mol. The van der Waals surface area contributed by atoms with E-state index in [1.807, 2.05) is 24.3 Å². The Kier molecular flexibility index (Phi) is 4.44. The second kappa shape index (κ2) is 6.07. The Morgan fingerprint density at radius 2 is 2.28 bits per heavy atom. The van der Waals surface area contributed by atoms with Crippen molar-refractivity contribution in [1.29, 1.82) is 0 Å². The molecule has 1 unspecified atom stereocenters. The first-order valence-electron chi connectivity index (χ1n) is 6.12. The molecule has 1 aliphatic heterocycles. The summed E-state index contributed by atoms with van der Waals surface area (Å²) < 4.78 is 0. The topological polar surface area (TPSA) is 52.6 Å². The molecule has 18 heavy (non-hydrogen) atoms. The first-order valence-corrected chi connectivity index (χ1v) is 6.50. The third-order valence-electron chi connectivity index (χ3n) is 3.20. The highest BCUT2D eigenvalue weighted by molar-refractivity contribution is 6.33. The van der Waals surface area contributed by atoms with E-state index in [0.717, 1.165) is 30.3 Å². The lowest BCUT2D eigenvalue weighted by atomic mass is 10.1. The van der Waals surface area contributed by atoms with Crippen LogP contribution in [0, 0.1) is 0 Å². The molecule has 1 atom stereocenters. The van der Waals surface area contributed by atoms with Gasteiger partial charge >= 0.3 is 5.97 Å². The lowest BCUT2D eigenvalue weighted by Gasteiger charge is -2.38. The number of carbonyl (C=O) groups is 1. The number of para-hydroxylation sites is 1. The van der Waals surface area contributed by atoms with Gasteiger partial charge in [0, 0.05) is 32.1 Å². The molecule has 0 amide bonds. The molecule has 1 heterocycles. The minimum absolute atomic E-state index is 0.188. The number of nitrogens with one attached hydrogen (secondary N) is 1. The summed E-state index contributed by atoms with van der Waals surface area (Å²) in [5, 5.41) is 12.8. The van der Waals surface area contributed by atoms with E-state index in [-0.39, 0.29) is 12.5 Å². The Bertz CT molecular complexity index is 425. The van der Waals surface area contributed by atoms with Gasteiger partial charge in [-0.2, -0.15) is 0 Å². The van der Waals surface area contributed by atoms with Gasteiger partial charge in [0.1, 0.15) is 0 Å². The van der Waals surface area contributed by atoms with Gasteiger partial charge in [0.2, 0.25) is 0 Å². The number of benzene rings is 1. The van der Waals surface area contributed by atoms with Gasteiger partial charge in [-0.25, -0.2) is 0 Å². The van der Waals surface area contributed by atoms with Crippen molar-refractivity contribution in [2.75, 3.05) is 24.5 Å². The molecule has 1 aromatic carbocycles. The standard InChI is InChI=1S/C13H17ClN2O2/c14-11-3-1-2-4-12(11)16-8-7-15-9-10(16)5-6-13(17)18/h1-4,10,15H,5-9H2,(H,17,18). The molecule has 0 aromatic heterocycles. The molecule has 4 nitrogen and oxygen atoms in total. The summed E-state index contributed by atoms with van der Waals surface area (Å²) in [7, 11) is 0. The fraction of sp³-hybridized carbons (Fsp3) is 0.462. The normalized spacial score (nSPS) is 19.8. The number of halogens is 1. The highest BCUT2D eigenvalue weighted by atomic mass is 35.5. The van der Waals surface area contributed by atoms with Crippen molar-refractivity contribution in [2.24, 2.45) is 0 Å². The second-order valence-electron chi connectivity index (χ2n) is 4.44. The predicted molar refractivity (Wildman–Crippen MR) is 72.3 cm³/mol. The van der Waals surface area contributed by atoms with Crippen LogP contribution in [0.1, 0.15) is 12.8 Å². The van der Waals surface area contributed by atoms with Crippen molar-refractivity contribution in [1.82, 2.24) is 5.32 Å². The quantitative estimate of drug-likeness (QED) is 0.877. The molecule has 5 heteroatoms. The molecule has 2 N–H and O–H groups in total. The second-order valence-corrected chi connectivity index (χ2v) is 4.84. The molecule has 0 bridgehead atoms. The number of aliphatic carboxylic acids is 1. The summed E-state index contributed by atoms with van der Waals surface area (Å²) in [5.74, 6) is -0.750. The van der Waals surface area contributed by atoms with E-state index in [2.05, 4.69) is 10.2 Å². The maximum atomic E-state index is 10.7. The van der Waals surface area contributed by atoms with Crippen LogP contribution in [0.5, 0.6) is 0 Å². The van der Waals surface area contributed by atoms with Crippen molar-refractivity contribution in [3.05, 3.63) is 29.3 Å². The van der Waals surface area contributed by atoms with Crippen LogP contribution in [0.15, 0.2) is 24.3 Å². The summed E-state index contributed by atoms with van der Waals surface area (Å²) in [6.07, 6.45) is 0.820. The summed E-state index contributed by atoms with van der Waals surface area (Å²) in [5.41, 5.74) is 0.996. The molecule has 0 aliphatic carbocycles. The maximum Gasteiger partial charge on any atom is 0.303 e. The number of anilines is 1. The zero-order chi connectivity index (χ0) is 13.0. The minimum Gasteiger partial charge on any atom is -0.481 e. The zero-order valence-electron chi connectivity index (χ0n) is 10.1. The number of carboxylic acids is 1. The van der Waals surface area contributed by atoms with Crippen LogP contribution in [-0.4, -0.2) is 36.8 Å². The molecular formula is C13H17ClN2O2. The smallest absolute Gasteiger partial charge is 0.303 e. The van der Waals surface area contributed by atoms with Crippen LogP contribution in [0.25, 0.3) is 0 Å². The van der Waals surface area contributed by atoms with Crippen molar-refractivity contribution >= 4 is 23.3 Å². The molecule has 1 saturated heterocycles. The third-order valence-corrected chi connectivity index (χ3v) is 3.52. The first-order chi connectivity index (χ1) is 8.68. The first kappa shape index (κ1) is 13.2. The van der Waals surface area contributed by atoms with Crippen LogP contribution in [0.4, 0.5) is 5.69 Å². The number of carboxylic acid groups (broad SMARTS) is 1. The fourth-order valence-electron chi connectivity index (χ4n) is 2.31. The van der Waals surface area contributed by atoms with Crippen molar-refractivity contribution in [2.45, 2.75) is 18.9 Å². The van der Waals surface area contributed by atoms with Crippen LogP contribution in [0.3, 0.4) is 0 Å². The molecule has 2 rings (SSSR count). The van der Waals surface area contributed by atoms with E-state index in [1.165, 1.54) is 0 Å². The average molecular weight is 269 g/mol. The highest BCUT2D eigenvalue weighted by Crippen LogP contribution is 2.28. The Balaban J connectivity index is 2.12. The van der Waals surface area contributed by atoms with Gasteiger partial charge in [-0.05, 0) is 18.6 Å². The molecule has 0 spiro atoms. The largest absolute Gasteiger partial charge is 0.481 e. The molecule has 0 saturated carbocycles. The lowest BCUT2D eigenvalue weighted by molar-refractivity contribution is -0.137. The maximum absolute atomic E-state index is 10.7. The average Bonchev–Trinajstić information content (AvgIpc) is 2.37. The van der Waals surface area contributed by atoms with Gasteiger partial charge in [0.15, 0.2) is 0 Å². The molecular weight excluding hydrogens is 252 g/mol. The predicted octanol–water partition coefficient (Wildman–Crippen LogP) is 1.98. The van der Waals surface area contributed by atoms with Gasteiger partial charge in [0.05, 0.1) is 10.7 Å². The number of hydrogen-bond donors (Lipinski definition) is 2. The van der Waals surface area contributed by atoms with E-state index in [9.17, 15) is 4.79 Å². The number of nitrogens with zero attached hydrogens (tertiary/aromatic N) is 1. The van der Waals surface area contributed by atoms with E-state index in [0.29, 0.717) is 6.42 Å². The molecule has 0 radical (unpaired) electrons. The van der Waals surface area contributed by atoms with E-state index in [4.69, 9.17) is 16.7 Å². The number of hydrogen-bond acceptors (Lipinski definition) is 3. The number of rotatable bonds is 4. The Morgan fingerprint density at radius 1 is 1.50 bits per heavy atom.